The molecule has 0 fully saturated rings. The topological polar surface area (TPSA) is 84.8 Å². The molecule has 1 aliphatic rings. The molecule has 0 bridgehead atoms. The number of amides is 1. The molecule has 0 saturated heterocycles. The van der Waals surface area contributed by atoms with E-state index in [1.807, 2.05) is 6.92 Å². The summed E-state index contributed by atoms with van der Waals surface area (Å²) in [4.78, 5) is 17.1. The first-order valence-electron chi connectivity index (χ1n) is 9.33. The molecular formula is C21H19BrCl2N2O4S. The van der Waals surface area contributed by atoms with Crippen LogP contribution in [0.15, 0.2) is 62.5 Å². The van der Waals surface area contributed by atoms with Crippen molar-refractivity contribution in [3.63, 3.8) is 0 Å². The van der Waals surface area contributed by atoms with Gasteiger partial charge in [0.1, 0.15) is 16.3 Å². The number of allylic oxidation sites excluding steroid dienone is 1. The van der Waals surface area contributed by atoms with Crippen molar-refractivity contribution in [3.8, 4) is 5.75 Å². The predicted octanol–water partition coefficient (Wildman–Crippen LogP) is 5.37. The molecule has 1 atom stereocenters. The Morgan fingerprint density at radius 1 is 1.26 bits per heavy atom. The van der Waals surface area contributed by atoms with Crippen LogP contribution < -0.4 is 9.46 Å². The Labute approximate surface area is 199 Å². The minimum absolute atomic E-state index is 0.00188. The summed E-state index contributed by atoms with van der Waals surface area (Å²) >= 11 is 15.7. The van der Waals surface area contributed by atoms with Crippen LogP contribution in [0.25, 0.3) is 0 Å². The molecule has 2 aromatic rings. The van der Waals surface area contributed by atoms with Crippen LogP contribution in [0.3, 0.4) is 0 Å². The smallest absolute Gasteiger partial charge is 0.283 e. The van der Waals surface area contributed by atoms with Crippen LogP contribution in [0.4, 0.5) is 0 Å². The number of nitrogens with zero attached hydrogens (tertiary/aromatic N) is 1. The van der Waals surface area contributed by atoms with E-state index in [1.54, 1.807) is 30.3 Å². The Hall–Kier alpha value is -1.87. The Kier molecular flexibility index (Phi) is 7.47. The predicted molar refractivity (Wildman–Crippen MR) is 126 cm³/mol. The molecule has 0 spiro atoms. The SMILES string of the molecule is CCCC1C=C(C(=O)NS(=O)(=O)c2cc(Br)ccc2OC)N=C1c1cccc(Cl)c1Cl. The average molecular weight is 546 g/mol. The lowest BCUT2D eigenvalue weighted by atomic mass is 9.93. The second-order valence-corrected chi connectivity index (χ2v) is 10.1. The summed E-state index contributed by atoms with van der Waals surface area (Å²) in [5.41, 5.74) is 1.20. The standard InChI is InChI=1S/C21H19BrCl2N2O4S/c1-3-5-12-10-16(25-20(12)14-6-4-7-15(23)19(14)24)21(27)26-31(28,29)18-11-13(22)8-9-17(18)30-2/h4,6-12H,3,5H2,1-2H3,(H,26,27). The number of methoxy groups -OCH3 is 1. The molecule has 0 aromatic heterocycles. The van der Waals surface area contributed by atoms with Crippen LogP contribution in [0.5, 0.6) is 5.75 Å². The summed E-state index contributed by atoms with van der Waals surface area (Å²) in [7, 11) is -2.85. The van der Waals surface area contributed by atoms with Crippen molar-refractivity contribution < 1.29 is 17.9 Å². The summed E-state index contributed by atoms with van der Waals surface area (Å²) in [5.74, 6) is -0.913. The Balaban J connectivity index is 1.94. The monoisotopic (exact) mass is 544 g/mol. The van der Waals surface area contributed by atoms with Crippen LogP contribution in [-0.4, -0.2) is 27.1 Å². The molecule has 1 N–H and O–H groups in total. The van der Waals surface area contributed by atoms with Gasteiger partial charge in [0.15, 0.2) is 0 Å². The van der Waals surface area contributed by atoms with Gasteiger partial charge in [-0.25, -0.2) is 18.1 Å². The molecule has 0 aliphatic carbocycles. The van der Waals surface area contributed by atoms with E-state index in [0.717, 1.165) is 6.42 Å². The molecule has 1 amide bonds. The van der Waals surface area contributed by atoms with E-state index in [1.165, 1.54) is 19.2 Å². The zero-order chi connectivity index (χ0) is 22.8. The second-order valence-electron chi connectivity index (χ2n) is 6.78. The fourth-order valence-electron chi connectivity index (χ4n) is 3.23. The van der Waals surface area contributed by atoms with Crippen molar-refractivity contribution in [1.82, 2.24) is 4.72 Å². The number of ether oxygens (including phenoxy) is 1. The van der Waals surface area contributed by atoms with Gasteiger partial charge in [0, 0.05) is 16.0 Å². The summed E-state index contributed by atoms with van der Waals surface area (Å²) < 4.78 is 33.4. The fraction of sp³-hybridized carbons (Fsp3) is 0.238. The zero-order valence-electron chi connectivity index (χ0n) is 16.7. The Morgan fingerprint density at radius 2 is 2.00 bits per heavy atom. The van der Waals surface area contributed by atoms with Crippen LogP contribution >= 0.6 is 39.1 Å². The highest BCUT2D eigenvalue weighted by Crippen LogP contribution is 2.33. The first-order valence-corrected chi connectivity index (χ1v) is 12.4. The number of hydrogen-bond acceptors (Lipinski definition) is 5. The summed E-state index contributed by atoms with van der Waals surface area (Å²) in [6, 6.07) is 9.67. The van der Waals surface area contributed by atoms with Crippen molar-refractivity contribution in [2.24, 2.45) is 10.9 Å². The highest BCUT2D eigenvalue weighted by Gasteiger charge is 2.30. The second kappa shape index (κ2) is 9.73. The van der Waals surface area contributed by atoms with Crippen molar-refractivity contribution in [2.75, 3.05) is 7.11 Å². The molecule has 1 heterocycles. The van der Waals surface area contributed by atoms with E-state index in [9.17, 15) is 13.2 Å². The molecule has 0 saturated carbocycles. The molecule has 164 valence electrons. The van der Waals surface area contributed by atoms with Crippen LogP contribution in [0.2, 0.25) is 10.0 Å². The lowest BCUT2D eigenvalue weighted by Gasteiger charge is -2.12. The first-order chi connectivity index (χ1) is 14.7. The maximum atomic E-state index is 12.8. The van der Waals surface area contributed by atoms with Gasteiger partial charge >= 0.3 is 0 Å². The van der Waals surface area contributed by atoms with Crippen LogP contribution in [0, 0.1) is 5.92 Å². The Morgan fingerprint density at radius 3 is 2.68 bits per heavy atom. The van der Waals surface area contributed by atoms with Gasteiger partial charge in [0.2, 0.25) is 0 Å². The molecule has 2 aromatic carbocycles. The van der Waals surface area contributed by atoms with E-state index in [4.69, 9.17) is 27.9 Å². The van der Waals surface area contributed by atoms with Crippen LogP contribution in [-0.2, 0) is 14.8 Å². The van der Waals surface area contributed by atoms with Crippen molar-refractivity contribution in [2.45, 2.75) is 24.7 Å². The first kappa shape index (κ1) is 23.8. The third kappa shape index (κ3) is 5.14. The molecule has 0 radical (unpaired) electrons. The van der Waals surface area contributed by atoms with Crippen LogP contribution in [0.1, 0.15) is 25.3 Å². The van der Waals surface area contributed by atoms with Gasteiger partial charge in [-0.2, -0.15) is 0 Å². The minimum atomic E-state index is -4.20. The zero-order valence-corrected chi connectivity index (χ0v) is 20.6. The largest absolute Gasteiger partial charge is 0.495 e. The number of benzene rings is 2. The lowest BCUT2D eigenvalue weighted by molar-refractivity contribution is -0.115. The van der Waals surface area contributed by atoms with Gasteiger partial charge < -0.3 is 4.74 Å². The van der Waals surface area contributed by atoms with Gasteiger partial charge in [-0.3, -0.25) is 4.79 Å². The van der Waals surface area contributed by atoms with Crippen molar-refractivity contribution >= 4 is 60.8 Å². The number of carbonyl (C=O) groups is 1. The third-order valence-corrected chi connectivity index (χ3v) is 7.32. The van der Waals surface area contributed by atoms with Gasteiger partial charge in [0.25, 0.3) is 15.9 Å². The molecule has 10 heteroatoms. The maximum Gasteiger partial charge on any atom is 0.283 e. The molecule has 1 unspecified atom stereocenters. The quantitative estimate of drug-likeness (QED) is 0.506. The van der Waals surface area contributed by atoms with Gasteiger partial charge in [-0.15, -0.1) is 0 Å². The number of hydrogen-bond donors (Lipinski definition) is 1. The van der Waals surface area contributed by atoms with Crippen molar-refractivity contribution in [3.05, 3.63) is 68.3 Å². The normalized spacial score (nSPS) is 16.0. The lowest BCUT2D eigenvalue weighted by Crippen LogP contribution is -2.31. The van der Waals surface area contributed by atoms with E-state index in [-0.39, 0.29) is 22.3 Å². The van der Waals surface area contributed by atoms with E-state index in [0.29, 0.717) is 32.2 Å². The summed E-state index contributed by atoms with van der Waals surface area (Å²) in [6.45, 7) is 2.01. The Bertz CT molecular complexity index is 1200. The average Bonchev–Trinajstić information content (AvgIpc) is 3.14. The number of halogens is 3. The molecule has 3 rings (SSSR count). The van der Waals surface area contributed by atoms with E-state index in [2.05, 4.69) is 25.6 Å². The number of aliphatic imine (C=N–C) groups is 1. The van der Waals surface area contributed by atoms with Gasteiger partial charge in [-0.1, -0.05) is 64.6 Å². The number of nitrogens with one attached hydrogen (secondary N) is 1. The molecule has 6 nitrogen and oxygen atoms in total. The van der Waals surface area contributed by atoms with E-state index < -0.39 is 15.9 Å². The highest BCUT2D eigenvalue weighted by molar-refractivity contribution is 9.10. The molecule has 1 aliphatic heterocycles. The summed E-state index contributed by atoms with van der Waals surface area (Å²) in [5, 5.41) is 0.713. The number of sulfonamides is 1. The highest BCUT2D eigenvalue weighted by atomic mass is 79.9. The minimum Gasteiger partial charge on any atom is -0.495 e. The molecule has 31 heavy (non-hydrogen) atoms. The summed E-state index contributed by atoms with van der Waals surface area (Å²) in [6.07, 6.45) is 3.20. The van der Waals surface area contributed by atoms with Gasteiger partial charge in [-0.05, 0) is 36.8 Å². The fourth-order valence-corrected chi connectivity index (χ4v) is 5.30. The van der Waals surface area contributed by atoms with E-state index >= 15 is 0 Å². The number of rotatable bonds is 7. The maximum absolute atomic E-state index is 12.8. The number of carbonyl (C=O) groups excluding carboxylic acids is 1. The van der Waals surface area contributed by atoms with Gasteiger partial charge in [0.05, 0.1) is 22.9 Å². The van der Waals surface area contributed by atoms with Crippen molar-refractivity contribution in [1.29, 1.82) is 0 Å². The third-order valence-electron chi connectivity index (χ3n) is 4.65. The molecular weight excluding hydrogens is 527 g/mol.